The number of hydrogen-bond acceptors (Lipinski definition) is 12. The molecular formula is C38H56N10O6. The minimum Gasteiger partial charge on any atom is -0.473 e. The fourth-order valence-corrected chi connectivity index (χ4v) is 6.41. The standard InChI is InChI=1S/2C18H27N5O.C2H2O4/c2*1-3-10-22-11-7-15(8-12-22)20-18-21-16-6-5-9-19-17(16)23(18)13-14-24-4-2;3-1(4)2(5)6/h2*3,5-6,9,15H,1,4,7-8,10-14H2,2H3,(H,20,21);(H,3,4)(H,5,6). The monoisotopic (exact) mass is 748 g/mol. The largest absolute Gasteiger partial charge is 0.473 e. The Balaban J connectivity index is 0.000000209. The van der Waals surface area contributed by atoms with Gasteiger partial charge in [-0.15, -0.1) is 13.2 Å². The van der Waals surface area contributed by atoms with Crippen LogP contribution in [0.5, 0.6) is 0 Å². The lowest BCUT2D eigenvalue weighted by atomic mass is 10.1. The number of aliphatic carboxylic acids is 2. The summed E-state index contributed by atoms with van der Waals surface area (Å²) in [6, 6.07) is 8.79. The molecule has 54 heavy (non-hydrogen) atoms. The van der Waals surface area contributed by atoms with E-state index in [1.54, 1.807) is 0 Å². The van der Waals surface area contributed by atoms with Gasteiger partial charge in [-0.3, -0.25) is 18.9 Å². The third kappa shape index (κ3) is 12.6. The van der Waals surface area contributed by atoms with Gasteiger partial charge in [-0.25, -0.2) is 29.5 Å². The highest BCUT2D eigenvalue weighted by Crippen LogP contribution is 2.23. The Labute approximate surface area is 316 Å². The zero-order valence-electron chi connectivity index (χ0n) is 31.6. The molecule has 2 aliphatic rings. The van der Waals surface area contributed by atoms with E-state index < -0.39 is 11.9 Å². The molecule has 4 N–H and O–H groups in total. The van der Waals surface area contributed by atoms with Gasteiger partial charge in [-0.2, -0.15) is 0 Å². The maximum atomic E-state index is 9.10. The molecule has 0 atom stereocenters. The highest BCUT2D eigenvalue weighted by atomic mass is 16.5. The van der Waals surface area contributed by atoms with Crippen molar-refractivity contribution in [2.24, 2.45) is 0 Å². The van der Waals surface area contributed by atoms with Crippen molar-refractivity contribution >= 4 is 46.2 Å². The van der Waals surface area contributed by atoms with E-state index in [4.69, 9.17) is 39.2 Å². The fourth-order valence-electron chi connectivity index (χ4n) is 6.41. The summed E-state index contributed by atoms with van der Waals surface area (Å²) >= 11 is 0. The minimum absolute atomic E-state index is 0.453. The maximum Gasteiger partial charge on any atom is 0.414 e. The van der Waals surface area contributed by atoms with Gasteiger partial charge in [0.1, 0.15) is 11.0 Å². The number of aromatic nitrogens is 6. The van der Waals surface area contributed by atoms with Crippen molar-refractivity contribution in [2.75, 3.05) is 76.3 Å². The van der Waals surface area contributed by atoms with Gasteiger partial charge in [0.2, 0.25) is 11.9 Å². The number of fused-ring (bicyclic) bond motifs is 2. The van der Waals surface area contributed by atoms with Gasteiger partial charge in [0, 0.05) is 77.0 Å². The first-order valence-corrected chi connectivity index (χ1v) is 18.7. The van der Waals surface area contributed by atoms with Crippen molar-refractivity contribution in [1.82, 2.24) is 38.9 Å². The zero-order chi connectivity index (χ0) is 38.7. The molecule has 0 unspecified atom stereocenters. The lowest BCUT2D eigenvalue weighted by molar-refractivity contribution is -0.159. The minimum atomic E-state index is -1.82. The molecule has 2 fully saturated rings. The van der Waals surface area contributed by atoms with Crippen LogP contribution in [0, 0.1) is 0 Å². The Kier molecular flexibility index (Phi) is 17.3. The van der Waals surface area contributed by atoms with E-state index in [9.17, 15) is 0 Å². The molecule has 294 valence electrons. The number of carbonyl (C=O) groups is 2. The summed E-state index contributed by atoms with van der Waals surface area (Å²) in [6.45, 7) is 22.3. The first-order valence-electron chi connectivity index (χ1n) is 18.7. The van der Waals surface area contributed by atoms with Gasteiger partial charge in [0.15, 0.2) is 11.3 Å². The van der Waals surface area contributed by atoms with Gasteiger partial charge < -0.3 is 30.3 Å². The molecule has 2 aliphatic heterocycles. The summed E-state index contributed by atoms with van der Waals surface area (Å²) in [7, 11) is 0. The average Bonchev–Trinajstić information content (AvgIpc) is 3.71. The molecule has 16 heteroatoms. The summed E-state index contributed by atoms with van der Waals surface area (Å²) in [4.78, 5) is 41.6. The van der Waals surface area contributed by atoms with Crippen LogP contribution in [0.25, 0.3) is 22.3 Å². The lowest BCUT2D eigenvalue weighted by Gasteiger charge is -2.31. The summed E-state index contributed by atoms with van der Waals surface area (Å²) < 4.78 is 15.3. The van der Waals surface area contributed by atoms with E-state index in [1.807, 2.05) is 62.7 Å². The smallest absolute Gasteiger partial charge is 0.414 e. The highest BCUT2D eigenvalue weighted by Gasteiger charge is 2.22. The summed E-state index contributed by atoms with van der Waals surface area (Å²) in [5.41, 5.74) is 3.70. The van der Waals surface area contributed by atoms with Gasteiger partial charge in [0.25, 0.3) is 0 Å². The molecule has 6 heterocycles. The van der Waals surface area contributed by atoms with E-state index in [0.717, 1.165) is 125 Å². The van der Waals surface area contributed by atoms with E-state index in [-0.39, 0.29) is 0 Å². The van der Waals surface area contributed by atoms with Crippen molar-refractivity contribution < 1.29 is 29.3 Å². The molecule has 0 spiro atoms. The van der Waals surface area contributed by atoms with Crippen LogP contribution >= 0.6 is 0 Å². The molecule has 4 aromatic rings. The molecule has 0 radical (unpaired) electrons. The molecule has 0 aromatic carbocycles. The summed E-state index contributed by atoms with van der Waals surface area (Å²) in [5, 5.41) is 22.0. The van der Waals surface area contributed by atoms with Gasteiger partial charge >= 0.3 is 11.9 Å². The van der Waals surface area contributed by atoms with Crippen LogP contribution in [-0.4, -0.2) is 139 Å². The number of carboxylic acid groups (broad SMARTS) is 2. The normalized spacial score (nSPS) is 15.5. The second-order valence-electron chi connectivity index (χ2n) is 12.9. The number of nitrogens with one attached hydrogen (secondary N) is 2. The number of rotatable bonds is 16. The first kappa shape index (κ1) is 41.9. The molecule has 6 rings (SSSR count). The predicted molar refractivity (Wildman–Crippen MR) is 210 cm³/mol. The summed E-state index contributed by atoms with van der Waals surface area (Å²) in [6.07, 6.45) is 12.1. The van der Waals surface area contributed by atoms with E-state index in [0.29, 0.717) is 25.3 Å². The molecule has 0 bridgehead atoms. The number of ether oxygens (including phenoxy) is 2. The van der Waals surface area contributed by atoms with Crippen LogP contribution in [0.2, 0.25) is 0 Å². The van der Waals surface area contributed by atoms with E-state index in [2.05, 4.69) is 52.7 Å². The van der Waals surface area contributed by atoms with Crippen molar-refractivity contribution in [1.29, 1.82) is 0 Å². The molecule has 0 aliphatic carbocycles. The average molecular weight is 749 g/mol. The van der Waals surface area contributed by atoms with Crippen molar-refractivity contribution in [3.8, 4) is 0 Å². The van der Waals surface area contributed by atoms with Crippen LogP contribution < -0.4 is 10.6 Å². The predicted octanol–water partition coefficient (Wildman–Crippen LogP) is 4.22. The molecule has 2 saturated heterocycles. The van der Waals surface area contributed by atoms with E-state index >= 15 is 0 Å². The number of pyridine rings is 2. The van der Waals surface area contributed by atoms with Gasteiger partial charge in [0.05, 0.1) is 26.3 Å². The SMILES string of the molecule is C=CCN1CCC(Nc2nc3cccnc3n2CCOCC)CC1.C=CCN1CCC(Nc2nc3cccnc3n2CCOCC)CC1.O=C(O)C(=O)O. The molecule has 0 saturated carbocycles. The Morgan fingerprint density at radius 2 is 1.13 bits per heavy atom. The van der Waals surface area contributed by atoms with Gasteiger partial charge in [-0.1, -0.05) is 12.2 Å². The second-order valence-corrected chi connectivity index (χ2v) is 12.9. The van der Waals surface area contributed by atoms with Crippen molar-refractivity contribution in [2.45, 2.75) is 64.7 Å². The maximum absolute atomic E-state index is 9.10. The number of nitrogens with zero attached hydrogens (tertiary/aromatic N) is 8. The topological polar surface area (TPSA) is 185 Å². The van der Waals surface area contributed by atoms with Crippen LogP contribution in [0.4, 0.5) is 11.9 Å². The Bertz CT molecular complexity index is 1630. The summed E-state index contributed by atoms with van der Waals surface area (Å²) in [5.74, 6) is -1.83. The Morgan fingerprint density at radius 3 is 1.46 bits per heavy atom. The van der Waals surface area contributed by atoms with Crippen LogP contribution in [-0.2, 0) is 32.2 Å². The lowest BCUT2D eigenvalue weighted by Crippen LogP contribution is -2.39. The number of hydrogen-bond donors (Lipinski definition) is 4. The highest BCUT2D eigenvalue weighted by molar-refractivity contribution is 6.27. The zero-order valence-corrected chi connectivity index (χ0v) is 31.6. The first-order chi connectivity index (χ1) is 26.3. The quantitative estimate of drug-likeness (QED) is 0.0726. The van der Waals surface area contributed by atoms with Crippen LogP contribution in [0.1, 0.15) is 39.5 Å². The van der Waals surface area contributed by atoms with Gasteiger partial charge in [-0.05, 0) is 63.8 Å². The Hall–Kier alpha value is -4.90. The Morgan fingerprint density at radius 1 is 0.741 bits per heavy atom. The van der Waals surface area contributed by atoms with Crippen molar-refractivity contribution in [3.63, 3.8) is 0 Å². The number of likely N-dealkylation sites (tertiary alicyclic amines) is 2. The number of anilines is 2. The second kappa shape index (κ2) is 22.3. The third-order valence-corrected chi connectivity index (χ3v) is 9.13. The molecule has 0 amide bonds. The van der Waals surface area contributed by atoms with Crippen LogP contribution in [0.15, 0.2) is 62.0 Å². The number of imidazole rings is 2. The number of carboxylic acids is 2. The third-order valence-electron chi connectivity index (χ3n) is 9.13. The molecule has 4 aromatic heterocycles. The fraction of sp³-hybridized carbons (Fsp3) is 0.526. The molecular weight excluding hydrogens is 692 g/mol. The number of piperidine rings is 2. The van der Waals surface area contributed by atoms with E-state index in [1.165, 1.54) is 0 Å². The van der Waals surface area contributed by atoms with Crippen molar-refractivity contribution in [3.05, 3.63) is 62.0 Å². The van der Waals surface area contributed by atoms with Crippen LogP contribution in [0.3, 0.4) is 0 Å². The molecule has 16 nitrogen and oxygen atoms in total.